The molecule has 0 radical (unpaired) electrons. The largest absolute Gasteiger partial charge is 0.477 e. The van der Waals surface area contributed by atoms with E-state index in [4.69, 9.17) is 27.9 Å². The van der Waals surface area contributed by atoms with Gasteiger partial charge in [-0.15, -0.1) is 0 Å². The van der Waals surface area contributed by atoms with Crippen LogP contribution in [0.1, 0.15) is 16.7 Å². The molecular formula is C32H29Cl2N3O5S. The number of nitrogens with one attached hydrogen (secondary N) is 1. The summed E-state index contributed by atoms with van der Waals surface area (Å²) in [6.45, 7) is 1.36. The van der Waals surface area contributed by atoms with Crippen molar-refractivity contribution in [2.45, 2.75) is 31.0 Å². The summed E-state index contributed by atoms with van der Waals surface area (Å²) in [7, 11) is -4.14. The molecule has 43 heavy (non-hydrogen) atoms. The lowest BCUT2D eigenvalue weighted by Crippen LogP contribution is -2.52. The number of carbonyl (C=O) groups is 2. The van der Waals surface area contributed by atoms with Gasteiger partial charge in [0.05, 0.1) is 23.7 Å². The van der Waals surface area contributed by atoms with Crippen LogP contribution in [0.15, 0.2) is 102 Å². The van der Waals surface area contributed by atoms with Gasteiger partial charge in [0.2, 0.25) is 15.9 Å². The van der Waals surface area contributed by atoms with Gasteiger partial charge in [-0.3, -0.25) is 9.59 Å². The Balaban J connectivity index is 1.42. The SMILES string of the molecule is Cc1ccc(S(=O)(=O)N(CC(=O)N2CC(C(=O)NCc3ccccc3)Oc3ccccc32)Cc2ccc(Cl)cc2Cl)cc1. The van der Waals surface area contributed by atoms with Crippen molar-refractivity contribution in [3.8, 4) is 5.75 Å². The summed E-state index contributed by atoms with van der Waals surface area (Å²) < 4.78 is 34.8. The van der Waals surface area contributed by atoms with Crippen molar-refractivity contribution < 1.29 is 22.7 Å². The van der Waals surface area contributed by atoms with Gasteiger partial charge in [0, 0.05) is 23.1 Å². The first-order valence-electron chi connectivity index (χ1n) is 13.5. The third-order valence-corrected chi connectivity index (χ3v) is 9.40. The Bertz CT molecular complexity index is 1730. The first kappa shape index (κ1) is 30.6. The molecule has 1 heterocycles. The Morgan fingerprint density at radius 2 is 1.65 bits per heavy atom. The number of nitrogens with zero attached hydrogens (tertiary/aromatic N) is 2. The lowest BCUT2D eigenvalue weighted by Gasteiger charge is -2.35. The quantitative estimate of drug-likeness (QED) is 0.258. The summed E-state index contributed by atoms with van der Waals surface area (Å²) in [5.41, 5.74) is 2.73. The van der Waals surface area contributed by atoms with E-state index >= 15 is 0 Å². The number of aryl methyl sites for hydroxylation is 1. The van der Waals surface area contributed by atoms with Crippen molar-refractivity contribution in [1.82, 2.24) is 9.62 Å². The minimum absolute atomic E-state index is 0.0385. The van der Waals surface area contributed by atoms with Crippen LogP contribution in [-0.2, 0) is 32.7 Å². The number of anilines is 1. The van der Waals surface area contributed by atoms with Crippen LogP contribution in [0.2, 0.25) is 10.0 Å². The number of amides is 2. The number of para-hydroxylation sites is 2. The smallest absolute Gasteiger partial charge is 0.263 e. The third kappa shape index (κ3) is 7.19. The number of hydrogen-bond acceptors (Lipinski definition) is 5. The zero-order chi connectivity index (χ0) is 30.6. The molecule has 2 amide bonds. The molecule has 0 saturated carbocycles. The second-order valence-electron chi connectivity index (χ2n) is 10.1. The fourth-order valence-corrected chi connectivity index (χ4v) is 6.50. The number of carbonyl (C=O) groups excluding carboxylic acids is 2. The van der Waals surface area contributed by atoms with Gasteiger partial charge in [0.15, 0.2) is 6.10 Å². The van der Waals surface area contributed by atoms with E-state index in [1.54, 1.807) is 48.5 Å². The van der Waals surface area contributed by atoms with Gasteiger partial charge in [-0.05, 0) is 54.4 Å². The Morgan fingerprint density at radius 1 is 0.953 bits per heavy atom. The number of halogens is 2. The highest BCUT2D eigenvalue weighted by Crippen LogP contribution is 2.34. The number of sulfonamides is 1. The fourth-order valence-electron chi connectivity index (χ4n) is 4.67. The van der Waals surface area contributed by atoms with Crippen LogP contribution in [0.4, 0.5) is 5.69 Å². The summed E-state index contributed by atoms with van der Waals surface area (Å²) in [6.07, 6.45) is -1.00. The fraction of sp³-hybridized carbons (Fsp3) is 0.188. The topological polar surface area (TPSA) is 96.0 Å². The molecule has 1 aliphatic rings. The Hall–Kier alpha value is -3.89. The molecule has 4 aromatic rings. The van der Waals surface area contributed by atoms with Gasteiger partial charge < -0.3 is 15.0 Å². The van der Waals surface area contributed by atoms with E-state index in [0.717, 1.165) is 15.4 Å². The van der Waals surface area contributed by atoms with Crippen LogP contribution in [0.25, 0.3) is 0 Å². The molecule has 0 fully saturated rings. The Labute approximate surface area is 260 Å². The van der Waals surface area contributed by atoms with Crippen molar-refractivity contribution in [3.05, 3.63) is 124 Å². The molecular weight excluding hydrogens is 609 g/mol. The summed E-state index contributed by atoms with van der Waals surface area (Å²) in [5.74, 6) is -0.582. The molecule has 8 nitrogen and oxygen atoms in total. The molecule has 1 aliphatic heterocycles. The van der Waals surface area contributed by atoms with E-state index in [1.807, 2.05) is 37.3 Å². The predicted octanol–water partition coefficient (Wildman–Crippen LogP) is 5.60. The van der Waals surface area contributed by atoms with Crippen LogP contribution in [-0.4, -0.2) is 43.7 Å². The molecule has 0 spiro atoms. The monoisotopic (exact) mass is 637 g/mol. The summed E-state index contributed by atoms with van der Waals surface area (Å²) in [4.78, 5) is 28.5. The van der Waals surface area contributed by atoms with Crippen LogP contribution < -0.4 is 15.0 Å². The predicted molar refractivity (Wildman–Crippen MR) is 167 cm³/mol. The molecule has 4 aromatic carbocycles. The van der Waals surface area contributed by atoms with Gasteiger partial charge in [-0.25, -0.2) is 8.42 Å². The zero-order valence-corrected chi connectivity index (χ0v) is 25.6. The van der Waals surface area contributed by atoms with Gasteiger partial charge in [-0.1, -0.05) is 89.4 Å². The number of benzene rings is 4. The zero-order valence-electron chi connectivity index (χ0n) is 23.2. The lowest BCUT2D eigenvalue weighted by atomic mass is 10.1. The standard InChI is InChI=1S/C32H29Cl2N3O5S/c1-22-11-15-26(16-12-22)43(40,41)36(19-24-13-14-25(33)17-27(24)34)21-31(38)37-20-30(42-29-10-6-5-9-28(29)37)32(39)35-18-23-7-3-2-4-8-23/h2-17,30H,18-21H2,1H3,(H,35,39). The number of fused-ring (bicyclic) bond motifs is 1. The Kier molecular flexibility index (Phi) is 9.37. The van der Waals surface area contributed by atoms with Crippen molar-refractivity contribution in [2.75, 3.05) is 18.0 Å². The molecule has 1 N–H and O–H groups in total. The van der Waals surface area contributed by atoms with Gasteiger partial charge in [-0.2, -0.15) is 4.31 Å². The molecule has 0 saturated heterocycles. The van der Waals surface area contributed by atoms with Crippen molar-refractivity contribution in [2.24, 2.45) is 0 Å². The van der Waals surface area contributed by atoms with E-state index in [2.05, 4.69) is 5.32 Å². The minimum Gasteiger partial charge on any atom is -0.477 e. The van der Waals surface area contributed by atoms with E-state index in [1.165, 1.54) is 23.1 Å². The molecule has 0 bridgehead atoms. The average molecular weight is 639 g/mol. The third-order valence-electron chi connectivity index (χ3n) is 7.01. The van der Waals surface area contributed by atoms with E-state index in [9.17, 15) is 18.0 Å². The lowest BCUT2D eigenvalue weighted by molar-refractivity contribution is -0.128. The number of ether oxygens (including phenoxy) is 1. The van der Waals surface area contributed by atoms with Crippen LogP contribution in [0.3, 0.4) is 0 Å². The second kappa shape index (κ2) is 13.2. The molecule has 1 atom stereocenters. The van der Waals surface area contributed by atoms with Gasteiger partial charge in [0.1, 0.15) is 5.75 Å². The summed E-state index contributed by atoms with van der Waals surface area (Å²) in [5, 5.41) is 3.54. The maximum absolute atomic E-state index is 14.0. The molecule has 5 rings (SSSR count). The van der Waals surface area contributed by atoms with Crippen LogP contribution in [0.5, 0.6) is 5.75 Å². The average Bonchev–Trinajstić information content (AvgIpc) is 3.00. The highest BCUT2D eigenvalue weighted by molar-refractivity contribution is 7.89. The van der Waals surface area contributed by atoms with Crippen LogP contribution in [0, 0.1) is 6.92 Å². The molecule has 222 valence electrons. The van der Waals surface area contributed by atoms with Crippen LogP contribution >= 0.6 is 23.2 Å². The molecule has 1 unspecified atom stereocenters. The minimum atomic E-state index is -4.14. The molecule has 11 heteroatoms. The highest BCUT2D eigenvalue weighted by atomic mass is 35.5. The van der Waals surface area contributed by atoms with Gasteiger partial charge >= 0.3 is 0 Å². The summed E-state index contributed by atoms with van der Waals surface area (Å²) >= 11 is 12.5. The number of rotatable bonds is 9. The summed E-state index contributed by atoms with van der Waals surface area (Å²) in [6, 6.07) is 27.4. The normalized spacial score (nSPS) is 14.6. The van der Waals surface area contributed by atoms with Gasteiger partial charge in [0.25, 0.3) is 5.91 Å². The molecule has 0 aliphatic carbocycles. The van der Waals surface area contributed by atoms with E-state index in [0.29, 0.717) is 28.6 Å². The maximum Gasteiger partial charge on any atom is 0.263 e. The van der Waals surface area contributed by atoms with Crippen molar-refractivity contribution in [1.29, 1.82) is 0 Å². The first-order chi connectivity index (χ1) is 20.6. The maximum atomic E-state index is 14.0. The van der Waals surface area contributed by atoms with E-state index < -0.39 is 34.5 Å². The van der Waals surface area contributed by atoms with Crippen molar-refractivity contribution >= 4 is 50.7 Å². The second-order valence-corrected chi connectivity index (χ2v) is 12.9. The number of hydrogen-bond donors (Lipinski definition) is 1. The first-order valence-corrected chi connectivity index (χ1v) is 15.7. The highest BCUT2D eigenvalue weighted by Gasteiger charge is 2.36. The molecule has 0 aromatic heterocycles. The van der Waals surface area contributed by atoms with E-state index in [-0.39, 0.29) is 23.0 Å². The van der Waals surface area contributed by atoms with Crippen molar-refractivity contribution in [3.63, 3.8) is 0 Å². The Morgan fingerprint density at radius 3 is 2.37 bits per heavy atom.